The van der Waals surface area contributed by atoms with Crippen LogP contribution in [0.4, 0.5) is 5.69 Å². The number of benzene rings is 3. The molecule has 1 aliphatic heterocycles. The third kappa shape index (κ3) is 3.96. The third-order valence-corrected chi connectivity index (χ3v) is 4.82. The maximum atomic E-state index is 13.0. The second-order valence-corrected chi connectivity index (χ2v) is 6.85. The van der Waals surface area contributed by atoms with E-state index in [1.165, 1.54) is 5.01 Å². The van der Waals surface area contributed by atoms with Crippen molar-refractivity contribution in [2.24, 2.45) is 5.10 Å². The van der Waals surface area contributed by atoms with Gasteiger partial charge in [-0.3, -0.25) is 4.79 Å². The van der Waals surface area contributed by atoms with Gasteiger partial charge in [0.05, 0.1) is 24.1 Å². The number of ether oxygens (including phenoxy) is 2. The molecule has 0 N–H and O–H groups in total. The fourth-order valence-electron chi connectivity index (χ4n) is 3.28. The van der Waals surface area contributed by atoms with Gasteiger partial charge in [0, 0.05) is 5.56 Å². The van der Waals surface area contributed by atoms with Crippen molar-refractivity contribution in [3.63, 3.8) is 0 Å². The van der Waals surface area contributed by atoms with Crippen molar-refractivity contribution in [2.75, 3.05) is 12.1 Å². The minimum absolute atomic E-state index is 0.171. The van der Waals surface area contributed by atoms with Gasteiger partial charge in [-0.1, -0.05) is 60.7 Å². The number of rotatable bonds is 6. The van der Waals surface area contributed by atoms with E-state index in [-0.39, 0.29) is 5.91 Å². The molecule has 0 aromatic heterocycles. The lowest BCUT2D eigenvalue weighted by atomic mass is 10.1. The molecular weight excluding hydrogens is 376 g/mol. The second kappa shape index (κ2) is 8.66. The van der Waals surface area contributed by atoms with E-state index in [2.05, 4.69) is 5.10 Å². The molecule has 0 unspecified atom stereocenters. The first kappa shape index (κ1) is 19.5. The Labute approximate surface area is 175 Å². The SMILES string of the molecule is COc1cccc(C=C2C(=O)N(c3ccccc3)N=C2C)c1OCc1ccccc1. The maximum absolute atomic E-state index is 13.0. The van der Waals surface area contributed by atoms with Crippen LogP contribution in [0.1, 0.15) is 18.1 Å². The molecule has 0 atom stereocenters. The highest BCUT2D eigenvalue weighted by Gasteiger charge is 2.29. The highest BCUT2D eigenvalue weighted by molar-refractivity contribution is 6.32. The molecule has 0 aliphatic carbocycles. The van der Waals surface area contributed by atoms with Gasteiger partial charge in [-0.25, -0.2) is 0 Å². The van der Waals surface area contributed by atoms with E-state index in [0.717, 1.165) is 16.8 Å². The molecule has 3 aromatic carbocycles. The van der Waals surface area contributed by atoms with Crippen LogP contribution in [0.25, 0.3) is 6.08 Å². The lowest BCUT2D eigenvalue weighted by molar-refractivity contribution is -0.114. The van der Waals surface area contributed by atoms with Crippen molar-refractivity contribution >= 4 is 23.4 Å². The Hall–Kier alpha value is -3.86. The van der Waals surface area contributed by atoms with Crippen LogP contribution >= 0.6 is 0 Å². The summed E-state index contributed by atoms with van der Waals surface area (Å²) in [5.41, 5.74) is 3.72. The molecule has 0 saturated heterocycles. The van der Waals surface area contributed by atoms with Gasteiger partial charge in [0.25, 0.3) is 5.91 Å². The predicted octanol–water partition coefficient (Wildman–Crippen LogP) is 5.08. The molecule has 1 aliphatic rings. The van der Waals surface area contributed by atoms with E-state index in [0.29, 0.717) is 29.4 Å². The van der Waals surface area contributed by atoms with Gasteiger partial charge in [0.1, 0.15) is 6.61 Å². The van der Waals surface area contributed by atoms with Crippen LogP contribution in [0.5, 0.6) is 11.5 Å². The summed E-state index contributed by atoms with van der Waals surface area (Å²) in [6.07, 6.45) is 1.81. The van der Waals surface area contributed by atoms with Crippen LogP contribution in [-0.4, -0.2) is 18.7 Å². The highest BCUT2D eigenvalue weighted by atomic mass is 16.5. The normalized spacial score (nSPS) is 14.7. The molecule has 0 saturated carbocycles. The number of hydrogen-bond acceptors (Lipinski definition) is 4. The van der Waals surface area contributed by atoms with Crippen LogP contribution < -0.4 is 14.5 Å². The standard InChI is InChI=1S/C25H22N2O3/c1-18-22(25(28)27(26-18)21-13-7-4-8-14-21)16-20-12-9-15-23(29-2)24(20)30-17-19-10-5-3-6-11-19/h3-16H,17H2,1-2H3. The number of carbonyl (C=O) groups excluding carboxylic acids is 1. The van der Waals surface area contributed by atoms with Crippen molar-refractivity contribution in [1.82, 2.24) is 0 Å². The van der Waals surface area contributed by atoms with Crippen LogP contribution in [0.15, 0.2) is 89.5 Å². The molecular formula is C25H22N2O3. The molecule has 0 bridgehead atoms. The average molecular weight is 398 g/mol. The molecule has 30 heavy (non-hydrogen) atoms. The van der Waals surface area contributed by atoms with E-state index in [9.17, 15) is 4.79 Å². The van der Waals surface area contributed by atoms with Crippen molar-refractivity contribution in [1.29, 1.82) is 0 Å². The molecule has 0 radical (unpaired) electrons. The number of anilines is 1. The topological polar surface area (TPSA) is 51.1 Å². The largest absolute Gasteiger partial charge is 0.493 e. The average Bonchev–Trinajstić information content (AvgIpc) is 3.07. The predicted molar refractivity (Wildman–Crippen MR) is 119 cm³/mol. The first-order valence-corrected chi connectivity index (χ1v) is 9.68. The fraction of sp³-hybridized carbons (Fsp3) is 0.120. The number of methoxy groups -OCH3 is 1. The van der Waals surface area contributed by atoms with Gasteiger partial charge < -0.3 is 9.47 Å². The summed E-state index contributed by atoms with van der Waals surface area (Å²) in [5, 5.41) is 5.87. The number of para-hydroxylation sites is 2. The van der Waals surface area contributed by atoms with Crippen molar-refractivity contribution in [3.05, 3.63) is 95.6 Å². The van der Waals surface area contributed by atoms with Gasteiger partial charge in [0.15, 0.2) is 11.5 Å². The molecule has 150 valence electrons. The quantitative estimate of drug-likeness (QED) is 0.544. The minimum Gasteiger partial charge on any atom is -0.493 e. The minimum atomic E-state index is -0.171. The monoisotopic (exact) mass is 398 g/mol. The lowest BCUT2D eigenvalue weighted by Crippen LogP contribution is -2.21. The van der Waals surface area contributed by atoms with E-state index >= 15 is 0 Å². The highest BCUT2D eigenvalue weighted by Crippen LogP contribution is 2.34. The van der Waals surface area contributed by atoms with Crippen LogP contribution in [0.2, 0.25) is 0 Å². The van der Waals surface area contributed by atoms with E-state index in [4.69, 9.17) is 9.47 Å². The molecule has 5 nitrogen and oxygen atoms in total. The Morgan fingerprint density at radius 1 is 0.933 bits per heavy atom. The zero-order valence-electron chi connectivity index (χ0n) is 16.9. The molecule has 0 fully saturated rings. The molecule has 0 spiro atoms. The van der Waals surface area contributed by atoms with Crippen LogP contribution in [0.3, 0.4) is 0 Å². The molecule has 4 rings (SSSR count). The zero-order valence-corrected chi connectivity index (χ0v) is 16.9. The fourth-order valence-corrected chi connectivity index (χ4v) is 3.28. The summed E-state index contributed by atoms with van der Waals surface area (Å²) in [7, 11) is 1.60. The summed E-state index contributed by atoms with van der Waals surface area (Å²) in [4.78, 5) is 13.0. The first-order chi connectivity index (χ1) is 14.7. The van der Waals surface area contributed by atoms with Gasteiger partial charge in [0.2, 0.25) is 0 Å². The van der Waals surface area contributed by atoms with Gasteiger partial charge in [-0.2, -0.15) is 10.1 Å². The number of amides is 1. The molecule has 1 amide bonds. The first-order valence-electron chi connectivity index (χ1n) is 9.68. The van der Waals surface area contributed by atoms with Gasteiger partial charge in [-0.15, -0.1) is 0 Å². The number of hydrazone groups is 1. The van der Waals surface area contributed by atoms with E-state index in [1.807, 2.05) is 91.9 Å². The lowest BCUT2D eigenvalue weighted by Gasteiger charge is -2.14. The Kier molecular flexibility index (Phi) is 5.61. The number of hydrogen-bond donors (Lipinski definition) is 0. The molecule has 5 heteroatoms. The Bertz CT molecular complexity index is 1110. The van der Waals surface area contributed by atoms with Gasteiger partial charge >= 0.3 is 0 Å². The van der Waals surface area contributed by atoms with Crippen molar-refractivity contribution in [3.8, 4) is 11.5 Å². The molecule has 1 heterocycles. The summed E-state index contributed by atoms with van der Waals surface area (Å²) in [6.45, 7) is 2.23. The number of carbonyl (C=O) groups is 1. The maximum Gasteiger partial charge on any atom is 0.280 e. The van der Waals surface area contributed by atoms with Crippen molar-refractivity contribution in [2.45, 2.75) is 13.5 Å². The Balaban J connectivity index is 1.66. The molecule has 3 aromatic rings. The Morgan fingerprint density at radius 2 is 1.63 bits per heavy atom. The summed E-state index contributed by atoms with van der Waals surface area (Å²) >= 11 is 0. The zero-order chi connectivity index (χ0) is 20.9. The van der Waals surface area contributed by atoms with Crippen LogP contribution in [-0.2, 0) is 11.4 Å². The van der Waals surface area contributed by atoms with E-state index in [1.54, 1.807) is 7.11 Å². The second-order valence-electron chi connectivity index (χ2n) is 6.85. The third-order valence-electron chi connectivity index (χ3n) is 4.82. The smallest absolute Gasteiger partial charge is 0.280 e. The van der Waals surface area contributed by atoms with Crippen molar-refractivity contribution < 1.29 is 14.3 Å². The van der Waals surface area contributed by atoms with Crippen LogP contribution in [0, 0.1) is 0 Å². The van der Waals surface area contributed by atoms with E-state index < -0.39 is 0 Å². The number of nitrogens with zero attached hydrogens (tertiary/aromatic N) is 2. The van der Waals surface area contributed by atoms with Gasteiger partial charge in [-0.05, 0) is 36.8 Å². The Morgan fingerprint density at radius 3 is 2.33 bits per heavy atom. The summed E-state index contributed by atoms with van der Waals surface area (Å²) < 4.78 is 11.6. The summed E-state index contributed by atoms with van der Waals surface area (Å²) in [6, 6.07) is 24.9. The summed E-state index contributed by atoms with van der Waals surface area (Å²) in [5.74, 6) is 1.03.